The van der Waals surface area contributed by atoms with Gasteiger partial charge in [-0.25, -0.2) is 4.98 Å². The summed E-state index contributed by atoms with van der Waals surface area (Å²) in [4.78, 5) is 4.87. The van der Waals surface area contributed by atoms with Crippen LogP contribution in [0.4, 0.5) is 0 Å². The molecule has 13 aromatic rings. The first-order valence-electron chi connectivity index (χ1n) is 34.4. The van der Waals surface area contributed by atoms with Gasteiger partial charge in [0.1, 0.15) is 17.3 Å². The molecule has 5 nitrogen and oxygen atoms in total. The second-order valence-corrected chi connectivity index (χ2v) is 20.9. The van der Waals surface area contributed by atoms with E-state index < -0.39 is 57.6 Å². The molecule has 0 saturated heterocycles. The molecule has 0 N–H and O–H groups in total. The minimum absolute atomic E-state index is 0.0203. The Balaban J connectivity index is 1.12. The molecule has 79 heavy (non-hydrogen) atoms. The van der Waals surface area contributed by atoms with E-state index >= 15 is 0 Å². The lowest BCUT2D eigenvalue weighted by molar-refractivity contribution is -0.570. The van der Waals surface area contributed by atoms with Gasteiger partial charge in [0.05, 0.1) is 40.3 Å². The van der Waals surface area contributed by atoms with Crippen molar-refractivity contribution in [1.29, 1.82) is 0 Å². The van der Waals surface area contributed by atoms with Crippen LogP contribution in [-0.4, -0.2) is 14.1 Å². The fraction of sp³-hybridized carbons (Fsp3) is 0.108. The van der Waals surface area contributed by atoms with Crippen molar-refractivity contribution >= 4 is 32.8 Å². The maximum Gasteiger partial charge on any atom is 0.269 e. The highest BCUT2D eigenvalue weighted by Gasteiger charge is 2.29. The Labute approximate surface area is 485 Å². The van der Waals surface area contributed by atoms with Crippen molar-refractivity contribution in [2.24, 2.45) is 0 Å². The minimum Gasteiger partial charge on any atom is -0.458 e. The lowest BCUT2D eigenvalue weighted by Gasteiger charge is -2.23. The second kappa shape index (κ2) is 18.6. The van der Waals surface area contributed by atoms with Gasteiger partial charge in [-0.05, 0) is 194 Å². The number of benzene rings is 10. The van der Waals surface area contributed by atoms with Gasteiger partial charge in [-0.2, -0.15) is 0 Å². The number of pyridine rings is 1. The molecule has 3 aromatic heterocycles. The zero-order chi connectivity index (χ0) is 68.0. The Hall–Kier alpha value is -9.58. The molecule has 0 amide bonds. The number of ether oxygens (including phenoxy) is 1. The van der Waals surface area contributed by atoms with E-state index in [1.54, 1.807) is 57.7 Å². The smallest absolute Gasteiger partial charge is 0.269 e. The molecule has 0 unspecified atom stereocenters. The van der Waals surface area contributed by atoms with Crippen molar-refractivity contribution in [1.82, 2.24) is 14.1 Å². The largest absolute Gasteiger partial charge is 0.458 e. The summed E-state index contributed by atoms with van der Waals surface area (Å²) in [6, 6.07) is 51.8. The summed E-state index contributed by atoms with van der Waals surface area (Å²) in [7, 11) is 0. The highest BCUT2D eigenvalue weighted by molar-refractivity contribution is 6.10. The number of nitrogens with zero attached hydrogens (tertiary/aromatic N) is 4. The van der Waals surface area contributed by atoms with Crippen LogP contribution in [0.15, 0.2) is 224 Å². The Morgan fingerprint density at radius 2 is 1.10 bits per heavy atom. The number of fused-ring (bicyclic) bond motifs is 10. The van der Waals surface area contributed by atoms with Gasteiger partial charge >= 0.3 is 0 Å². The van der Waals surface area contributed by atoms with E-state index in [-0.39, 0.29) is 72.3 Å². The van der Waals surface area contributed by atoms with Crippen molar-refractivity contribution in [3.8, 4) is 95.5 Å². The predicted molar refractivity (Wildman–Crippen MR) is 326 cm³/mol. The maximum absolute atomic E-state index is 9.40. The van der Waals surface area contributed by atoms with Crippen LogP contribution in [0.1, 0.15) is 71.9 Å². The lowest BCUT2D eigenvalue weighted by Crippen LogP contribution is -2.32. The van der Waals surface area contributed by atoms with Crippen molar-refractivity contribution in [2.75, 3.05) is 0 Å². The number of aryl methyl sites for hydroxylation is 4. The van der Waals surface area contributed by atoms with Crippen LogP contribution in [-0.2, 0) is 5.41 Å². The fourth-order valence-electron chi connectivity index (χ4n) is 11.4. The third-order valence-electron chi connectivity index (χ3n) is 15.1. The zero-order valence-corrected chi connectivity index (χ0v) is 43.2. The van der Waals surface area contributed by atoms with Crippen LogP contribution in [0.5, 0.6) is 11.5 Å². The van der Waals surface area contributed by atoms with E-state index in [1.807, 2.05) is 85.1 Å². The molecule has 0 saturated carbocycles. The number of para-hydroxylation sites is 1. The highest BCUT2D eigenvalue weighted by Crippen LogP contribution is 2.49. The monoisotopic (exact) mass is 1040 g/mol. The summed E-state index contributed by atoms with van der Waals surface area (Å²) in [5.41, 5.74) is 5.10. The number of rotatable bonds is 7. The minimum atomic E-state index is -3.01. The predicted octanol–water partition coefficient (Wildman–Crippen LogP) is 18.8. The van der Waals surface area contributed by atoms with Gasteiger partial charge in [-0.1, -0.05) is 166 Å². The topological polar surface area (TPSA) is 35.9 Å². The summed E-state index contributed by atoms with van der Waals surface area (Å²) in [6.45, 7) is -5.39. The van der Waals surface area contributed by atoms with Crippen molar-refractivity contribution < 1.29 is 32.6 Å². The van der Waals surface area contributed by atoms with Gasteiger partial charge in [0.25, 0.3) is 6.33 Å². The summed E-state index contributed by atoms with van der Waals surface area (Å²) < 4.78 is 166. The van der Waals surface area contributed by atoms with Crippen LogP contribution in [0.2, 0.25) is 0 Å². The van der Waals surface area contributed by atoms with Crippen LogP contribution < -0.4 is 9.30 Å². The SMILES string of the molecule is [2H]c1c([2H])c([2H])c(-c2cc3c4c(c2)n(-c2cccc(Oc5ccc6c7ccccc7n(-c7cc(C(C)(C)C)ccn7)c6c5)c2)[c-][n+]4-c2c(cc(-c4c(C([2H])([2H])[2H])cccc4C([2H])([2H])[2H])cc2-c2c(C([2H])([2H])[2H])cccc2C([2H])([2H])[2H])-c2ccccc2-c2ccccc2-3)c([2H])c1[2H]. The molecule has 10 aromatic carbocycles. The number of aromatic nitrogens is 4. The van der Waals surface area contributed by atoms with Gasteiger partial charge in [0.2, 0.25) is 0 Å². The molecule has 0 aliphatic carbocycles. The molecule has 380 valence electrons. The van der Waals surface area contributed by atoms with Crippen LogP contribution in [0, 0.1) is 33.7 Å². The van der Waals surface area contributed by atoms with Crippen molar-refractivity contribution in [3.63, 3.8) is 0 Å². The molecule has 0 atom stereocenters. The summed E-state index contributed by atoms with van der Waals surface area (Å²) >= 11 is 0. The average Bonchev–Trinajstić information content (AvgIpc) is 1.53. The van der Waals surface area contributed by atoms with Gasteiger partial charge in [0.15, 0.2) is 0 Å². The molecule has 0 radical (unpaired) electrons. The third-order valence-corrected chi connectivity index (χ3v) is 15.1. The molecular formula is C74H58N4O. The molecule has 1 aliphatic rings. The first kappa shape index (κ1) is 32.9. The van der Waals surface area contributed by atoms with Crippen molar-refractivity contribution in [2.45, 2.75) is 53.6 Å². The second-order valence-electron chi connectivity index (χ2n) is 20.9. The van der Waals surface area contributed by atoms with E-state index in [1.165, 1.54) is 42.5 Å². The first-order valence-corrected chi connectivity index (χ1v) is 25.9. The quantitative estimate of drug-likeness (QED) is 0.118. The molecule has 0 fully saturated rings. The van der Waals surface area contributed by atoms with Crippen LogP contribution >= 0.6 is 0 Å². The number of hydrogen-bond acceptors (Lipinski definition) is 2. The molecular weight excluding hydrogens is 961 g/mol. The first-order chi connectivity index (χ1) is 45.4. The Morgan fingerprint density at radius 1 is 0.494 bits per heavy atom. The Morgan fingerprint density at radius 3 is 1.81 bits per heavy atom. The van der Waals surface area contributed by atoms with Gasteiger partial charge in [-0.3, -0.25) is 13.7 Å². The normalized spacial score (nSPS) is 15.8. The number of imidazole rings is 1. The van der Waals surface area contributed by atoms with E-state index in [9.17, 15) is 2.74 Å². The molecule has 0 bridgehead atoms. The fourth-order valence-corrected chi connectivity index (χ4v) is 11.4. The molecule has 1 aliphatic heterocycles. The standard InChI is InChI=1S/C74H58N4O/c1-46-20-17-21-47(2)70(46)52-39-63-59-30-13-11-28-57(59)58-29-12-14-31-60(58)64-38-51(50-24-9-8-10-25-50)41-68-73(64)77(72(63)65(40-52)71-48(3)22-18-23-49(71)4)45-76(68)54-26-19-27-55(43-54)79-56-34-35-62-61-32-15-16-33-66(61)78(67(62)44-56)69-42-53(36-37-75-69)74(5,6)7/h8-44H,1-7H3/i1D3,2D3,3D3,4D3,8D,9D,10D,24D,25D. The van der Waals surface area contributed by atoms with Crippen molar-refractivity contribution in [3.05, 3.63) is 259 Å². The van der Waals surface area contributed by atoms with Gasteiger partial charge < -0.3 is 4.74 Å². The summed E-state index contributed by atoms with van der Waals surface area (Å²) in [6.07, 6.45) is 5.45. The van der Waals surface area contributed by atoms with E-state index in [2.05, 4.69) is 49.9 Å². The molecule has 4 heterocycles. The molecule has 0 spiro atoms. The van der Waals surface area contributed by atoms with E-state index in [0.29, 0.717) is 56.0 Å². The van der Waals surface area contributed by atoms with E-state index in [0.717, 1.165) is 33.2 Å². The lowest BCUT2D eigenvalue weighted by atomic mass is 9.84. The summed E-state index contributed by atoms with van der Waals surface area (Å²) in [5, 5.41) is 1.98. The molecule has 14 rings (SSSR count). The number of hydrogen-bond donors (Lipinski definition) is 0. The highest BCUT2D eigenvalue weighted by atomic mass is 16.5. The van der Waals surface area contributed by atoms with E-state index in [4.69, 9.17) is 30.3 Å². The zero-order valence-electron chi connectivity index (χ0n) is 60.2. The third kappa shape index (κ3) is 7.99. The molecule has 5 heteroatoms. The maximum atomic E-state index is 9.40. The average molecular weight is 1040 g/mol. The van der Waals surface area contributed by atoms with Crippen LogP contribution in [0.25, 0.3) is 117 Å². The summed E-state index contributed by atoms with van der Waals surface area (Å²) in [5.74, 6) is 1.57. The Kier molecular flexibility index (Phi) is 7.73. The van der Waals surface area contributed by atoms with Crippen LogP contribution in [0.3, 0.4) is 0 Å². The van der Waals surface area contributed by atoms with Gasteiger partial charge in [-0.15, -0.1) is 0 Å². The van der Waals surface area contributed by atoms with Gasteiger partial charge in [0, 0.05) is 39.5 Å². The Bertz CT molecular complexity index is 5300.